The fraction of sp³-hybridized carbons (Fsp3) is 0.250. The minimum atomic E-state index is -0.228. The highest BCUT2D eigenvalue weighted by atomic mass is 79.9. The van der Waals surface area contributed by atoms with Crippen molar-refractivity contribution in [2.75, 3.05) is 6.61 Å². The summed E-state index contributed by atoms with van der Waals surface area (Å²) in [4.78, 5) is 0. The summed E-state index contributed by atoms with van der Waals surface area (Å²) in [7, 11) is 0. The van der Waals surface area contributed by atoms with Crippen molar-refractivity contribution in [1.29, 1.82) is 0 Å². The Bertz CT molecular complexity index is 661. The summed E-state index contributed by atoms with van der Waals surface area (Å²) in [6.07, 6.45) is 0.599. The van der Waals surface area contributed by atoms with Gasteiger partial charge in [0, 0.05) is 27.4 Å². The summed E-state index contributed by atoms with van der Waals surface area (Å²) in [6.45, 7) is 0.442. The molecule has 1 aliphatic heterocycles. The van der Waals surface area contributed by atoms with Gasteiger partial charge in [0.05, 0.1) is 0 Å². The van der Waals surface area contributed by atoms with Gasteiger partial charge in [0.25, 0.3) is 0 Å². The maximum Gasteiger partial charge on any atom is 0.137 e. The van der Waals surface area contributed by atoms with Gasteiger partial charge < -0.3 is 9.47 Å². The van der Waals surface area contributed by atoms with Gasteiger partial charge >= 0.3 is 0 Å². The van der Waals surface area contributed by atoms with Crippen LogP contribution in [0, 0.1) is 5.82 Å². The van der Waals surface area contributed by atoms with Crippen molar-refractivity contribution in [3.05, 3.63) is 57.8 Å². The number of fused-ring (bicyclic) bond motifs is 1. The van der Waals surface area contributed by atoms with Crippen LogP contribution in [-0.2, 0) is 11.8 Å². The molecule has 0 bridgehead atoms. The third-order valence-electron chi connectivity index (χ3n) is 3.35. The van der Waals surface area contributed by atoms with Gasteiger partial charge in [-0.3, -0.25) is 0 Å². The number of rotatable bonds is 4. The number of benzene rings is 2. The van der Waals surface area contributed by atoms with Crippen molar-refractivity contribution in [2.45, 2.75) is 17.9 Å². The Morgan fingerprint density at radius 3 is 2.90 bits per heavy atom. The molecule has 2 aromatic carbocycles. The number of alkyl halides is 1. The normalized spacial score (nSPS) is 16.4. The quantitative estimate of drug-likeness (QED) is 0.663. The molecular formula is C16H13Br2FO2. The second-order valence-corrected chi connectivity index (χ2v) is 6.37. The molecule has 2 nitrogen and oxygen atoms in total. The molecule has 21 heavy (non-hydrogen) atoms. The Labute approximate surface area is 139 Å². The van der Waals surface area contributed by atoms with Gasteiger partial charge in [-0.15, -0.1) is 0 Å². The fourth-order valence-electron chi connectivity index (χ4n) is 2.36. The first kappa shape index (κ1) is 14.9. The zero-order valence-electron chi connectivity index (χ0n) is 11.1. The molecule has 1 aliphatic rings. The van der Waals surface area contributed by atoms with E-state index in [2.05, 4.69) is 31.9 Å². The molecule has 1 heterocycles. The molecule has 0 spiro atoms. The van der Waals surface area contributed by atoms with Crippen LogP contribution in [0.1, 0.15) is 11.1 Å². The smallest absolute Gasteiger partial charge is 0.137 e. The van der Waals surface area contributed by atoms with E-state index >= 15 is 0 Å². The highest BCUT2D eigenvalue weighted by Gasteiger charge is 2.24. The van der Waals surface area contributed by atoms with Crippen LogP contribution < -0.4 is 9.47 Å². The molecule has 1 atom stereocenters. The summed E-state index contributed by atoms with van der Waals surface area (Å²) >= 11 is 6.90. The first-order valence-corrected chi connectivity index (χ1v) is 8.49. The van der Waals surface area contributed by atoms with Crippen molar-refractivity contribution in [1.82, 2.24) is 0 Å². The molecule has 2 aromatic rings. The Balaban J connectivity index is 1.65. The van der Waals surface area contributed by atoms with Crippen LogP contribution >= 0.6 is 31.9 Å². The van der Waals surface area contributed by atoms with E-state index in [0.29, 0.717) is 13.0 Å². The van der Waals surface area contributed by atoms with Crippen LogP contribution in [0.5, 0.6) is 11.5 Å². The molecule has 1 unspecified atom stereocenters. The van der Waals surface area contributed by atoms with Crippen LogP contribution in [0.2, 0.25) is 0 Å². The first-order chi connectivity index (χ1) is 10.2. The summed E-state index contributed by atoms with van der Waals surface area (Å²) < 4.78 is 25.8. The monoisotopic (exact) mass is 414 g/mol. The zero-order valence-corrected chi connectivity index (χ0v) is 14.3. The van der Waals surface area contributed by atoms with Crippen molar-refractivity contribution < 1.29 is 13.9 Å². The van der Waals surface area contributed by atoms with E-state index in [1.54, 1.807) is 6.07 Å². The molecule has 0 radical (unpaired) electrons. The van der Waals surface area contributed by atoms with Crippen molar-refractivity contribution >= 4 is 31.9 Å². The van der Waals surface area contributed by atoms with Crippen molar-refractivity contribution in [3.63, 3.8) is 0 Å². The van der Waals surface area contributed by atoms with E-state index in [1.165, 1.54) is 12.1 Å². The Morgan fingerprint density at radius 2 is 2.10 bits per heavy atom. The summed E-state index contributed by atoms with van der Waals surface area (Å²) in [6, 6.07) is 10.5. The largest absolute Gasteiger partial charge is 0.489 e. The van der Waals surface area contributed by atoms with E-state index in [-0.39, 0.29) is 11.9 Å². The summed E-state index contributed by atoms with van der Waals surface area (Å²) in [5.41, 5.74) is 1.98. The van der Waals surface area contributed by atoms with E-state index in [9.17, 15) is 4.39 Å². The van der Waals surface area contributed by atoms with Crippen molar-refractivity contribution in [2.24, 2.45) is 0 Å². The Morgan fingerprint density at radius 1 is 1.24 bits per heavy atom. The zero-order chi connectivity index (χ0) is 14.8. The number of hydrogen-bond donors (Lipinski definition) is 0. The van der Waals surface area contributed by atoms with Gasteiger partial charge in [0.2, 0.25) is 0 Å². The molecule has 5 heteroatoms. The third-order valence-corrected chi connectivity index (χ3v) is 4.45. The molecule has 110 valence electrons. The van der Waals surface area contributed by atoms with Crippen LogP contribution in [0.15, 0.2) is 40.9 Å². The van der Waals surface area contributed by atoms with Crippen LogP contribution in [0.4, 0.5) is 4.39 Å². The lowest BCUT2D eigenvalue weighted by Gasteiger charge is -2.14. The predicted octanol–water partition coefficient (Wildman–Crippen LogP) is 4.87. The third kappa shape index (κ3) is 3.40. The van der Waals surface area contributed by atoms with Crippen molar-refractivity contribution in [3.8, 4) is 11.5 Å². The van der Waals surface area contributed by atoms with Gasteiger partial charge in [-0.25, -0.2) is 4.39 Å². The highest BCUT2D eigenvalue weighted by Crippen LogP contribution is 2.30. The minimum absolute atomic E-state index is 0.0753. The van der Waals surface area contributed by atoms with E-state index in [1.807, 2.05) is 18.2 Å². The molecule has 0 saturated carbocycles. The Hall–Kier alpha value is -1.07. The van der Waals surface area contributed by atoms with Gasteiger partial charge in [-0.2, -0.15) is 0 Å². The molecule has 3 rings (SSSR count). The van der Waals surface area contributed by atoms with Gasteiger partial charge in [-0.1, -0.05) is 31.9 Å². The maximum absolute atomic E-state index is 13.2. The Kier molecular flexibility index (Phi) is 4.50. The summed E-state index contributed by atoms with van der Waals surface area (Å²) in [5.74, 6) is 1.36. The van der Waals surface area contributed by atoms with Crippen LogP contribution in [0.3, 0.4) is 0 Å². The standard InChI is InChI=1S/C16H13Br2FO2/c17-8-11-5-12(18)1-3-15(11)20-9-14-7-10-6-13(19)2-4-16(10)21-14/h1-6,14H,7-9H2. The topological polar surface area (TPSA) is 18.5 Å². The average Bonchev–Trinajstić information content (AvgIpc) is 2.87. The molecule has 0 aliphatic carbocycles. The highest BCUT2D eigenvalue weighted by molar-refractivity contribution is 9.10. The second-order valence-electron chi connectivity index (χ2n) is 4.89. The number of halogens is 3. The van der Waals surface area contributed by atoms with Crippen LogP contribution in [-0.4, -0.2) is 12.7 Å². The van der Waals surface area contributed by atoms with Gasteiger partial charge in [0.15, 0.2) is 0 Å². The molecule has 0 N–H and O–H groups in total. The number of hydrogen-bond acceptors (Lipinski definition) is 2. The lowest BCUT2D eigenvalue weighted by Crippen LogP contribution is -2.22. The van der Waals surface area contributed by atoms with E-state index in [0.717, 1.165) is 32.4 Å². The SMILES string of the molecule is Fc1ccc2c(c1)CC(COc1ccc(Br)cc1CBr)O2. The maximum atomic E-state index is 13.2. The summed E-state index contributed by atoms with van der Waals surface area (Å²) in [5, 5.41) is 0.721. The average molecular weight is 416 g/mol. The van der Waals surface area contributed by atoms with Crippen LogP contribution in [0.25, 0.3) is 0 Å². The van der Waals surface area contributed by atoms with Gasteiger partial charge in [0.1, 0.15) is 30.0 Å². The second kappa shape index (κ2) is 6.36. The minimum Gasteiger partial charge on any atom is -0.489 e. The molecule has 0 fully saturated rings. The lowest BCUT2D eigenvalue weighted by molar-refractivity contribution is 0.148. The fourth-order valence-corrected chi connectivity index (χ4v) is 3.20. The molecule has 0 saturated heterocycles. The predicted molar refractivity (Wildman–Crippen MR) is 86.8 cm³/mol. The number of ether oxygens (including phenoxy) is 2. The lowest BCUT2D eigenvalue weighted by atomic mass is 10.1. The molecular weight excluding hydrogens is 403 g/mol. The molecule has 0 amide bonds. The van der Waals surface area contributed by atoms with Gasteiger partial charge in [-0.05, 0) is 36.4 Å². The van der Waals surface area contributed by atoms with E-state index < -0.39 is 0 Å². The molecule has 0 aromatic heterocycles. The first-order valence-electron chi connectivity index (χ1n) is 6.58. The van der Waals surface area contributed by atoms with E-state index in [4.69, 9.17) is 9.47 Å².